The normalized spacial score (nSPS) is 12.2. The molecule has 2 aromatic rings. The van der Waals surface area contributed by atoms with Crippen molar-refractivity contribution in [3.8, 4) is 5.75 Å². The number of carboxylic acids is 1. The maximum absolute atomic E-state index is 10.6. The Balaban J connectivity index is 1.93. The maximum Gasteiger partial charge on any atom is 0.324 e. The maximum atomic E-state index is 10.6. The Hall–Kier alpha value is -2.59. The summed E-state index contributed by atoms with van der Waals surface area (Å²) in [4.78, 5) is 10.6. The zero-order chi connectivity index (χ0) is 15.1. The number of benzene rings is 2. The average molecular weight is 283 g/mol. The van der Waals surface area contributed by atoms with E-state index >= 15 is 0 Å². The molecule has 2 aromatic carbocycles. The molecule has 4 heteroatoms. The Morgan fingerprint density at radius 2 is 1.62 bits per heavy atom. The van der Waals surface area contributed by atoms with Crippen molar-refractivity contribution in [1.29, 1.82) is 0 Å². The van der Waals surface area contributed by atoms with E-state index in [4.69, 9.17) is 15.6 Å². The standard InChI is InChI=1S/C17H17NO3/c18-16(17(19)20)12-21-15-10-8-14(9-11-15)7-6-13-4-2-1-3-5-13/h1-11,16H,12,18H2,(H,19,20)/b7-6+. The molecule has 0 aliphatic rings. The number of hydrogen-bond acceptors (Lipinski definition) is 3. The van der Waals surface area contributed by atoms with E-state index < -0.39 is 12.0 Å². The molecule has 0 spiro atoms. The molecule has 0 amide bonds. The van der Waals surface area contributed by atoms with E-state index in [1.807, 2.05) is 54.6 Å². The summed E-state index contributed by atoms with van der Waals surface area (Å²) >= 11 is 0. The minimum Gasteiger partial charge on any atom is -0.491 e. The van der Waals surface area contributed by atoms with Gasteiger partial charge in [-0.2, -0.15) is 0 Å². The molecule has 4 nitrogen and oxygen atoms in total. The number of ether oxygens (including phenoxy) is 1. The van der Waals surface area contributed by atoms with Gasteiger partial charge in [0.05, 0.1) is 0 Å². The molecular formula is C17H17NO3. The van der Waals surface area contributed by atoms with Crippen molar-refractivity contribution < 1.29 is 14.6 Å². The second-order valence-electron chi connectivity index (χ2n) is 4.57. The molecule has 108 valence electrons. The highest BCUT2D eigenvalue weighted by Crippen LogP contribution is 2.14. The number of aliphatic carboxylic acids is 1. The Kier molecular flexibility index (Phi) is 5.12. The Bertz CT molecular complexity index is 606. The highest BCUT2D eigenvalue weighted by Gasteiger charge is 2.11. The highest BCUT2D eigenvalue weighted by atomic mass is 16.5. The van der Waals surface area contributed by atoms with Gasteiger partial charge in [-0.05, 0) is 23.3 Å². The van der Waals surface area contributed by atoms with Gasteiger partial charge in [-0.3, -0.25) is 4.79 Å². The summed E-state index contributed by atoms with van der Waals surface area (Å²) in [6.07, 6.45) is 4.03. The fourth-order valence-corrected chi connectivity index (χ4v) is 1.69. The third-order valence-electron chi connectivity index (χ3n) is 2.89. The molecule has 1 unspecified atom stereocenters. The Morgan fingerprint density at radius 1 is 1.05 bits per heavy atom. The van der Waals surface area contributed by atoms with Crippen molar-refractivity contribution in [3.63, 3.8) is 0 Å². The van der Waals surface area contributed by atoms with Gasteiger partial charge in [-0.15, -0.1) is 0 Å². The summed E-state index contributed by atoms with van der Waals surface area (Å²) in [5.74, 6) is -0.471. The molecule has 0 saturated carbocycles. The molecule has 2 rings (SSSR count). The predicted octanol–water partition coefficient (Wildman–Crippen LogP) is 2.65. The summed E-state index contributed by atoms with van der Waals surface area (Å²) < 4.78 is 5.32. The van der Waals surface area contributed by atoms with Crippen LogP contribution in [-0.2, 0) is 4.79 Å². The zero-order valence-corrected chi connectivity index (χ0v) is 11.5. The lowest BCUT2D eigenvalue weighted by Gasteiger charge is -2.09. The molecule has 0 aliphatic carbocycles. The third kappa shape index (κ3) is 4.78. The molecule has 0 heterocycles. The van der Waals surface area contributed by atoms with Crippen LogP contribution in [0.5, 0.6) is 5.75 Å². The lowest BCUT2D eigenvalue weighted by atomic mass is 10.1. The molecule has 0 fully saturated rings. The minimum absolute atomic E-state index is 0.0471. The van der Waals surface area contributed by atoms with E-state index in [1.54, 1.807) is 12.1 Å². The number of nitrogens with two attached hydrogens (primary N) is 1. The first-order valence-corrected chi connectivity index (χ1v) is 6.59. The van der Waals surface area contributed by atoms with E-state index in [-0.39, 0.29) is 6.61 Å². The van der Waals surface area contributed by atoms with Crippen LogP contribution in [0.3, 0.4) is 0 Å². The van der Waals surface area contributed by atoms with Crippen LogP contribution in [0, 0.1) is 0 Å². The van der Waals surface area contributed by atoms with E-state index in [9.17, 15) is 4.79 Å². The number of hydrogen-bond donors (Lipinski definition) is 2. The molecule has 0 radical (unpaired) electrons. The van der Waals surface area contributed by atoms with Gasteiger partial charge >= 0.3 is 5.97 Å². The van der Waals surface area contributed by atoms with Gasteiger partial charge in [0.1, 0.15) is 18.4 Å². The van der Waals surface area contributed by atoms with Crippen molar-refractivity contribution >= 4 is 18.1 Å². The van der Waals surface area contributed by atoms with Crippen LogP contribution in [0.4, 0.5) is 0 Å². The van der Waals surface area contributed by atoms with Crippen LogP contribution in [0.1, 0.15) is 11.1 Å². The molecule has 3 N–H and O–H groups in total. The van der Waals surface area contributed by atoms with Crippen molar-refractivity contribution in [3.05, 3.63) is 65.7 Å². The van der Waals surface area contributed by atoms with Crippen molar-refractivity contribution in [2.24, 2.45) is 5.73 Å². The average Bonchev–Trinajstić information content (AvgIpc) is 2.52. The topological polar surface area (TPSA) is 72.5 Å². The van der Waals surface area contributed by atoms with Crippen LogP contribution in [0.15, 0.2) is 54.6 Å². The quantitative estimate of drug-likeness (QED) is 0.799. The summed E-state index contributed by atoms with van der Waals surface area (Å²) in [5.41, 5.74) is 7.54. The highest BCUT2D eigenvalue weighted by molar-refractivity contribution is 5.73. The van der Waals surface area contributed by atoms with Crippen LogP contribution in [-0.4, -0.2) is 23.7 Å². The molecule has 1 atom stereocenters. The van der Waals surface area contributed by atoms with Gasteiger partial charge in [0.2, 0.25) is 0 Å². The molecule has 0 saturated heterocycles. The second-order valence-corrected chi connectivity index (χ2v) is 4.57. The van der Waals surface area contributed by atoms with E-state index in [0.29, 0.717) is 5.75 Å². The summed E-state index contributed by atoms with van der Waals surface area (Å²) in [6, 6.07) is 16.4. The van der Waals surface area contributed by atoms with Gasteiger partial charge in [0.15, 0.2) is 0 Å². The lowest BCUT2D eigenvalue weighted by molar-refractivity contribution is -0.139. The van der Waals surface area contributed by atoms with Crippen LogP contribution < -0.4 is 10.5 Å². The fraction of sp³-hybridized carbons (Fsp3) is 0.118. The van der Waals surface area contributed by atoms with Gasteiger partial charge in [-0.1, -0.05) is 54.6 Å². The van der Waals surface area contributed by atoms with Crippen LogP contribution in [0.2, 0.25) is 0 Å². The van der Waals surface area contributed by atoms with Gasteiger partial charge in [0, 0.05) is 0 Å². The zero-order valence-electron chi connectivity index (χ0n) is 11.5. The van der Waals surface area contributed by atoms with Crippen molar-refractivity contribution in [2.75, 3.05) is 6.61 Å². The SMILES string of the molecule is NC(COc1ccc(/C=C/c2ccccc2)cc1)C(=O)O. The fourth-order valence-electron chi connectivity index (χ4n) is 1.69. The van der Waals surface area contributed by atoms with Crippen LogP contribution in [0.25, 0.3) is 12.2 Å². The van der Waals surface area contributed by atoms with E-state index in [0.717, 1.165) is 11.1 Å². The summed E-state index contributed by atoms with van der Waals surface area (Å²) in [7, 11) is 0. The van der Waals surface area contributed by atoms with Gasteiger partial charge in [-0.25, -0.2) is 0 Å². The Labute approximate surface area is 123 Å². The Morgan fingerprint density at radius 3 is 2.19 bits per heavy atom. The van der Waals surface area contributed by atoms with Crippen molar-refractivity contribution in [1.82, 2.24) is 0 Å². The van der Waals surface area contributed by atoms with Gasteiger partial charge in [0.25, 0.3) is 0 Å². The molecule has 0 aliphatic heterocycles. The third-order valence-corrected chi connectivity index (χ3v) is 2.89. The molecule has 0 bridgehead atoms. The number of rotatable bonds is 6. The summed E-state index contributed by atoms with van der Waals surface area (Å²) in [6.45, 7) is -0.0471. The first-order chi connectivity index (χ1) is 10.1. The first-order valence-electron chi connectivity index (χ1n) is 6.59. The predicted molar refractivity (Wildman–Crippen MR) is 82.9 cm³/mol. The first kappa shape index (κ1) is 14.8. The monoisotopic (exact) mass is 283 g/mol. The molecular weight excluding hydrogens is 266 g/mol. The van der Waals surface area contributed by atoms with Crippen molar-refractivity contribution in [2.45, 2.75) is 6.04 Å². The minimum atomic E-state index is -1.07. The smallest absolute Gasteiger partial charge is 0.324 e. The number of carbonyl (C=O) groups is 1. The second kappa shape index (κ2) is 7.26. The largest absolute Gasteiger partial charge is 0.491 e. The van der Waals surface area contributed by atoms with E-state index in [2.05, 4.69) is 0 Å². The lowest BCUT2D eigenvalue weighted by Crippen LogP contribution is -2.36. The van der Waals surface area contributed by atoms with E-state index in [1.165, 1.54) is 0 Å². The summed E-state index contributed by atoms with van der Waals surface area (Å²) in [5, 5.41) is 8.67. The van der Waals surface area contributed by atoms with Crippen LogP contribution >= 0.6 is 0 Å². The number of carboxylic acid groups (broad SMARTS) is 1. The molecule has 21 heavy (non-hydrogen) atoms. The molecule has 0 aromatic heterocycles. The van der Waals surface area contributed by atoms with Gasteiger partial charge < -0.3 is 15.6 Å².